The van der Waals surface area contributed by atoms with Gasteiger partial charge in [-0.05, 0) is 17.5 Å². The van der Waals surface area contributed by atoms with Gasteiger partial charge in [0.2, 0.25) is 0 Å². The Hall–Kier alpha value is -2.36. The van der Waals surface area contributed by atoms with E-state index < -0.39 is 49.1 Å². The van der Waals surface area contributed by atoms with Crippen molar-refractivity contribution in [1.29, 1.82) is 0 Å². The van der Waals surface area contributed by atoms with E-state index in [1.807, 2.05) is 0 Å². The van der Waals surface area contributed by atoms with Crippen LogP contribution in [0, 0.1) is 0 Å². The minimum absolute atomic E-state index is 0.273. The molecule has 0 saturated carbocycles. The number of amides is 2. The van der Waals surface area contributed by atoms with Gasteiger partial charge in [0.05, 0.1) is 6.61 Å². The second kappa shape index (κ2) is 6.11. The summed E-state index contributed by atoms with van der Waals surface area (Å²) in [6.07, 6.45) is -7.72. The maximum absolute atomic E-state index is 12.9. The van der Waals surface area contributed by atoms with Crippen molar-refractivity contribution in [3.05, 3.63) is 47.5 Å². The number of carbonyl (C=O) groups excluding carboxylic acids is 2. The molecule has 1 saturated heterocycles. The Kier molecular flexibility index (Phi) is 4.02. The Morgan fingerprint density at radius 1 is 0.885 bits per heavy atom. The van der Waals surface area contributed by atoms with Gasteiger partial charge in [0.25, 0.3) is 11.8 Å². The maximum atomic E-state index is 12.9. The molecule has 2 aliphatic rings. The molecule has 4 rings (SSSR count). The fraction of sp³-hybridized carbons (Fsp3) is 0.333. The predicted molar refractivity (Wildman–Crippen MR) is 88.2 cm³/mol. The molecule has 26 heavy (non-hydrogen) atoms. The van der Waals surface area contributed by atoms with Gasteiger partial charge in [0, 0.05) is 16.5 Å². The lowest BCUT2D eigenvalue weighted by molar-refractivity contribution is -0.251. The third-order valence-electron chi connectivity index (χ3n) is 4.92. The molecule has 4 N–H and O–H groups in total. The SMILES string of the molecule is O=C1c2cccc3cccc(c23)C(=O)N1C1O[C@H](CO)[C@H](O)[C@H](O)[C@H]1O. The van der Waals surface area contributed by atoms with Crippen LogP contribution in [0.2, 0.25) is 0 Å². The Labute approximate surface area is 147 Å². The molecule has 1 unspecified atom stereocenters. The van der Waals surface area contributed by atoms with Crippen LogP contribution in [-0.4, -0.2) is 74.4 Å². The predicted octanol–water partition coefficient (Wildman–Crippen LogP) is -0.764. The van der Waals surface area contributed by atoms with Gasteiger partial charge in [0.1, 0.15) is 24.4 Å². The fourth-order valence-corrected chi connectivity index (χ4v) is 3.58. The molecule has 2 amide bonds. The molecule has 5 atom stereocenters. The van der Waals surface area contributed by atoms with Crippen molar-refractivity contribution in [2.24, 2.45) is 0 Å². The molecule has 136 valence electrons. The Balaban J connectivity index is 1.81. The first-order valence-electron chi connectivity index (χ1n) is 8.16. The number of carbonyl (C=O) groups is 2. The third kappa shape index (κ3) is 2.28. The fourth-order valence-electron chi connectivity index (χ4n) is 3.58. The van der Waals surface area contributed by atoms with Gasteiger partial charge in [-0.25, -0.2) is 4.90 Å². The number of aliphatic hydroxyl groups is 4. The van der Waals surface area contributed by atoms with Crippen molar-refractivity contribution >= 4 is 22.6 Å². The first-order chi connectivity index (χ1) is 12.5. The van der Waals surface area contributed by atoms with E-state index >= 15 is 0 Å². The van der Waals surface area contributed by atoms with E-state index in [1.54, 1.807) is 36.4 Å². The second-order valence-electron chi connectivity index (χ2n) is 6.41. The van der Waals surface area contributed by atoms with Crippen molar-refractivity contribution in [1.82, 2.24) is 4.90 Å². The molecule has 0 spiro atoms. The van der Waals surface area contributed by atoms with E-state index in [2.05, 4.69) is 0 Å². The highest BCUT2D eigenvalue weighted by Gasteiger charge is 2.50. The summed E-state index contributed by atoms with van der Waals surface area (Å²) in [6.45, 7) is -0.649. The van der Waals surface area contributed by atoms with Crippen LogP contribution in [0.25, 0.3) is 10.8 Å². The van der Waals surface area contributed by atoms with Crippen molar-refractivity contribution in [2.75, 3.05) is 6.61 Å². The maximum Gasteiger partial charge on any atom is 0.263 e. The Morgan fingerprint density at radius 2 is 1.46 bits per heavy atom. The molecule has 0 aromatic heterocycles. The lowest BCUT2D eigenvalue weighted by Crippen LogP contribution is -2.65. The minimum Gasteiger partial charge on any atom is -0.394 e. The number of benzene rings is 2. The van der Waals surface area contributed by atoms with Crippen LogP contribution < -0.4 is 0 Å². The van der Waals surface area contributed by atoms with Crippen LogP contribution in [0.5, 0.6) is 0 Å². The smallest absolute Gasteiger partial charge is 0.263 e. The van der Waals surface area contributed by atoms with Crippen LogP contribution in [0.15, 0.2) is 36.4 Å². The summed E-state index contributed by atoms with van der Waals surface area (Å²) in [5, 5.41) is 40.7. The molecule has 0 aliphatic carbocycles. The normalized spacial score (nSPS) is 31.5. The summed E-state index contributed by atoms with van der Waals surface area (Å²) in [5.74, 6) is -1.35. The van der Waals surface area contributed by atoms with Crippen LogP contribution in [0.4, 0.5) is 0 Å². The third-order valence-corrected chi connectivity index (χ3v) is 4.92. The molecule has 8 nitrogen and oxygen atoms in total. The molecule has 0 bridgehead atoms. The topological polar surface area (TPSA) is 128 Å². The summed E-state index contributed by atoms with van der Waals surface area (Å²) >= 11 is 0. The van der Waals surface area contributed by atoms with Gasteiger partial charge in [-0.1, -0.05) is 24.3 Å². The number of hydrogen-bond donors (Lipinski definition) is 4. The first kappa shape index (κ1) is 17.1. The summed E-state index contributed by atoms with van der Waals surface area (Å²) in [5.41, 5.74) is 0.546. The number of aliphatic hydroxyl groups excluding tert-OH is 4. The number of rotatable bonds is 2. The molecule has 1 fully saturated rings. The summed E-state index contributed by atoms with van der Waals surface area (Å²) in [4.78, 5) is 26.6. The summed E-state index contributed by atoms with van der Waals surface area (Å²) < 4.78 is 5.40. The number of imide groups is 1. The number of nitrogens with zero attached hydrogens (tertiary/aromatic N) is 1. The minimum atomic E-state index is -1.72. The molecule has 2 aromatic rings. The average molecular weight is 359 g/mol. The van der Waals surface area contributed by atoms with Gasteiger partial charge in [0.15, 0.2) is 6.23 Å². The highest BCUT2D eigenvalue weighted by Crippen LogP contribution is 2.33. The second-order valence-corrected chi connectivity index (χ2v) is 6.41. The quantitative estimate of drug-likeness (QED) is 0.519. The standard InChI is InChI=1S/C18H17NO7/c20-7-11-13(21)14(22)15(23)18(26-11)19-16(24)9-5-1-3-8-4-2-6-10(12(8)9)17(19)25/h1-6,11,13-15,18,20-23H,7H2/t11-,13+,14+,15-,18?/m1/s1. The van der Waals surface area contributed by atoms with Crippen LogP contribution in [-0.2, 0) is 4.74 Å². The van der Waals surface area contributed by atoms with Crippen molar-refractivity contribution in [2.45, 2.75) is 30.6 Å². The largest absolute Gasteiger partial charge is 0.394 e. The zero-order chi connectivity index (χ0) is 18.6. The van der Waals surface area contributed by atoms with E-state index in [1.165, 1.54) is 0 Å². The van der Waals surface area contributed by atoms with Gasteiger partial charge < -0.3 is 25.2 Å². The molecule has 2 aliphatic heterocycles. The lowest BCUT2D eigenvalue weighted by Gasteiger charge is -2.44. The zero-order valence-corrected chi connectivity index (χ0v) is 13.5. The molecule has 2 heterocycles. The van der Waals surface area contributed by atoms with E-state index in [9.17, 15) is 30.0 Å². The summed E-state index contributed by atoms with van der Waals surface area (Å²) in [7, 11) is 0. The Morgan fingerprint density at radius 3 is 2.00 bits per heavy atom. The van der Waals surface area contributed by atoms with Crippen LogP contribution >= 0.6 is 0 Å². The molecular formula is C18H17NO7. The van der Waals surface area contributed by atoms with Crippen molar-refractivity contribution in [3.63, 3.8) is 0 Å². The Bertz CT molecular complexity index is 845. The number of hydrogen-bond acceptors (Lipinski definition) is 7. The highest BCUT2D eigenvalue weighted by molar-refractivity contribution is 6.25. The van der Waals surface area contributed by atoms with Crippen molar-refractivity contribution in [3.8, 4) is 0 Å². The number of ether oxygens (including phenoxy) is 1. The first-order valence-corrected chi connectivity index (χ1v) is 8.16. The van der Waals surface area contributed by atoms with E-state index in [0.717, 1.165) is 10.3 Å². The zero-order valence-electron chi connectivity index (χ0n) is 13.5. The van der Waals surface area contributed by atoms with E-state index in [-0.39, 0.29) is 11.1 Å². The highest BCUT2D eigenvalue weighted by atomic mass is 16.6. The van der Waals surface area contributed by atoms with Gasteiger partial charge in [-0.15, -0.1) is 0 Å². The van der Waals surface area contributed by atoms with Crippen LogP contribution in [0.1, 0.15) is 20.7 Å². The molecule has 8 heteroatoms. The molecular weight excluding hydrogens is 342 g/mol. The molecule has 2 aromatic carbocycles. The van der Waals surface area contributed by atoms with E-state index in [0.29, 0.717) is 5.39 Å². The monoisotopic (exact) mass is 359 g/mol. The van der Waals surface area contributed by atoms with Crippen LogP contribution in [0.3, 0.4) is 0 Å². The van der Waals surface area contributed by atoms with E-state index in [4.69, 9.17) is 4.74 Å². The summed E-state index contributed by atoms with van der Waals surface area (Å²) in [6, 6.07) is 10.1. The van der Waals surface area contributed by atoms with Gasteiger partial charge in [-0.2, -0.15) is 0 Å². The molecule has 0 radical (unpaired) electrons. The average Bonchev–Trinajstić information content (AvgIpc) is 2.66. The van der Waals surface area contributed by atoms with Gasteiger partial charge in [-0.3, -0.25) is 9.59 Å². The van der Waals surface area contributed by atoms with Gasteiger partial charge >= 0.3 is 0 Å². The van der Waals surface area contributed by atoms with Crippen molar-refractivity contribution < 1.29 is 34.8 Å². The lowest BCUT2D eigenvalue weighted by atomic mass is 9.92.